The lowest BCUT2D eigenvalue weighted by atomic mass is 10.2. The number of nitriles is 1. The van der Waals surface area contributed by atoms with Crippen molar-refractivity contribution in [1.29, 1.82) is 5.26 Å². The number of rotatable bonds is 2. The fraction of sp³-hybridized carbons (Fsp3) is 0.273. The van der Waals surface area contributed by atoms with Crippen molar-refractivity contribution in [1.82, 2.24) is 5.32 Å². The van der Waals surface area contributed by atoms with Crippen molar-refractivity contribution in [3.63, 3.8) is 0 Å². The summed E-state index contributed by atoms with van der Waals surface area (Å²) in [6.45, 7) is 0.637. The maximum atomic E-state index is 11.3. The highest BCUT2D eigenvalue weighted by atomic mass is 16.5. The molecule has 1 aromatic rings. The van der Waals surface area contributed by atoms with E-state index in [1.165, 1.54) is 0 Å². The Morgan fingerprint density at radius 2 is 2.27 bits per heavy atom. The summed E-state index contributed by atoms with van der Waals surface area (Å²) in [6, 6.07) is 8.94. The van der Waals surface area contributed by atoms with Crippen molar-refractivity contribution in [2.75, 3.05) is 6.54 Å². The molecule has 4 heteroatoms. The largest absolute Gasteiger partial charge is 0.479 e. The van der Waals surface area contributed by atoms with Gasteiger partial charge in [0.25, 0.3) is 5.91 Å². The second-order valence-corrected chi connectivity index (χ2v) is 3.29. The van der Waals surface area contributed by atoms with Crippen LogP contribution in [0.5, 0.6) is 5.75 Å². The number of benzene rings is 1. The molecule has 1 amide bonds. The minimum absolute atomic E-state index is 0.109. The topological polar surface area (TPSA) is 62.1 Å². The number of ether oxygens (including phenoxy) is 1. The van der Waals surface area contributed by atoms with Crippen LogP contribution in [0.25, 0.3) is 0 Å². The van der Waals surface area contributed by atoms with Crippen molar-refractivity contribution in [2.45, 2.75) is 12.5 Å². The Morgan fingerprint density at radius 3 is 2.93 bits per heavy atom. The maximum absolute atomic E-state index is 11.3. The molecule has 1 aliphatic heterocycles. The molecule has 0 bridgehead atoms. The third-order valence-corrected chi connectivity index (χ3v) is 2.27. The Morgan fingerprint density at radius 1 is 1.47 bits per heavy atom. The minimum atomic E-state index is -0.459. The normalized spacial score (nSPS) is 19.4. The highest BCUT2D eigenvalue weighted by molar-refractivity contribution is 5.83. The van der Waals surface area contributed by atoms with Crippen LogP contribution in [-0.2, 0) is 4.79 Å². The van der Waals surface area contributed by atoms with Gasteiger partial charge in [0.1, 0.15) is 11.8 Å². The zero-order valence-corrected chi connectivity index (χ0v) is 8.06. The summed E-state index contributed by atoms with van der Waals surface area (Å²) in [5.41, 5.74) is 0.456. The van der Waals surface area contributed by atoms with Gasteiger partial charge in [-0.2, -0.15) is 5.26 Å². The first kappa shape index (κ1) is 9.53. The lowest BCUT2D eigenvalue weighted by molar-refractivity contribution is -0.124. The van der Waals surface area contributed by atoms with Crippen LogP contribution in [0.2, 0.25) is 0 Å². The number of nitrogens with one attached hydrogen (secondary N) is 1. The summed E-state index contributed by atoms with van der Waals surface area (Å²) < 4.78 is 5.48. The zero-order valence-electron chi connectivity index (χ0n) is 8.06. The standard InChI is InChI=1S/C11H10N2O2/c12-7-8-3-1-2-4-9(8)15-10-5-6-13-11(10)14/h1-4,10H,5-6H2,(H,13,14). The number of carbonyl (C=O) groups is 1. The molecule has 1 heterocycles. The molecule has 1 aliphatic rings. The highest BCUT2D eigenvalue weighted by Gasteiger charge is 2.26. The first-order valence-corrected chi connectivity index (χ1v) is 4.75. The van der Waals surface area contributed by atoms with Gasteiger partial charge in [-0.1, -0.05) is 12.1 Å². The van der Waals surface area contributed by atoms with Gasteiger partial charge in [-0.3, -0.25) is 4.79 Å². The predicted molar refractivity (Wildman–Crippen MR) is 53.2 cm³/mol. The van der Waals surface area contributed by atoms with Crippen molar-refractivity contribution in [3.05, 3.63) is 29.8 Å². The van der Waals surface area contributed by atoms with E-state index in [2.05, 4.69) is 5.32 Å². The van der Waals surface area contributed by atoms with Crippen LogP contribution < -0.4 is 10.1 Å². The molecule has 1 fully saturated rings. The van der Waals surface area contributed by atoms with E-state index >= 15 is 0 Å². The van der Waals surface area contributed by atoms with Crippen LogP contribution in [0.3, 0.4) is 0 Å². The number of hydrogen-bond acceptors (Lipinski definition) is 3. The van der Waals surface area contributed by atoms with E-state index in [4.69, 9.17) is 10.00 Å². The first-order valence-electron chi connectivity index (χ1n) is 4.75. The second-order valence-electron chi connectivity index (χ2n) is 3.29. The number of amides is 1. The summed E-state index contributed by atoms with van der Waals surface area (Å²) in [6.07, 6.45) is 0.193. The number of nitrogens with zero attached hydrogens (tertiary/aromatic N) is 1. The molecule has 0 aliphatic carbocycles. The van der Waals surface area contributed by atoms with E-state index < -0.39 is 6.10 Å². The van der Waals surface area contributed by atoms with E-state index in [1.807, 2.05) is 6.07 Å². The van der Waals surface area contributed by atoms with E-state index in [1.54, 1.807) is 24.3 Å². The molecule has 1 saturated heterocycles. The summed E-state index contributed by atoms with van der Waals surface area (Å²) in [5.74, 6) is 0.366. The van der Waals surface area contributed by atoms with Gasteiger partial charge >= 0.3 is 0 Å². The molecule has 0 aromatic heterocycles. The molecule has 4 nitrogen and oxygen atoms in total. The molecule has 1 aromatic carbocycles. The van der Waals surface area contributed by atoms with E-state index in [0.29, 0.717) is 24.3 Å². The average Bonchev–Trinajstić information content (AvgIpc) is 2.65. The van der Waals surface area contributed by atoms with Crippen LogP contribution >= 0.6 is 0 Å². The van der Waals surface area contributed by atoms with Crippen LogP contribution in [-0.4, -0.2) is 18.6 Å². The van der Waals surface area contributed by atoms with Crippen molar-refractivity contribution in [3.8, 4) is 11.8 Å². The van der Waals surface area contributed by atoms with Crippen LogP contribution in [0.15, 0.2) is 24.3 Å². The first-order chi connectivity index (χ1) is 7.31. The van der Waals surface area contributed by atoms with E-state index in [0.717, 1.165) is 0 Å². The molecular weight excluding hydrogens is 192 g/mol. The van der Waals surface area contributed by atoms with Gasteiger partial charge in [0.2, 0.25) is 0 Å². The lowest BCUT2D eigenvalue weighted by Gasteiger charge is -2.11. The Labute approximate surface area is 87.5 Å². The molecular formula is C11H10N2O2. The third-order valence-electron chi connectivity index (χ3n) is 2.27. The third kappa shape index (κ3) is 1.91. The van der Waals surface area contributed by atoms with Gasteiger partial charge in [0, 0.05) is 13.0 Å². The quantitative estimate of drug-likeness (QED) is 0.772. The van der Waals surface area contributed by atoms with Gasteiger partial charge in [-0.15, -0.1) is 0 Å². The molecule has 0 radical (unpaired) electrons. The summed E-state index contributed by atoms with van der Waals surface area (Å²) in [4.78, 5) is 11.3. The fourth-order valence-corrected chi connectivity index (χ4v) is 1.50. The van der Waals surface area contributed by atoms with Gasteiger partial charge in [-0.05, 0) is 12.1 Å². The Kier molecular flexibility index (Phi) is 2.55. The molecule has 0 spiro atoms. The van der Waals surface area contributed by atoms with Crippen molar-refractivity contribution < 1.29 is 9.53 Å². The summed E-state index contributed by atoms with van der Waals surface area (Å²) >= 11 is 0. The lowest BCUT2D eigenvalue weighted by Crippen LogP contribution is -2.27. The van der Waals surface area contributed by atoms with Gasteiger partial charge < -0.3 is 10.1 Å². The Hall–Kier alpha value is -2.02. The monoisotopic (exact) mass is 202 g/mol. The second kappa shape index (κ2) is 4.01. The van der Waals surface area contributed by atoms with Crippen LogP contribution in [0, 0.1) is 11.3 Å². The summed E-state index contributed by atoms with van der Waals surface area (Å²) in [5, 5.41) is 11.5. The molecule has 1 N–H and O–H groups in total. The minimum Gasteiger partial charge on any atom is -0.479 e. The number of para-hydroxylation sites is 1. The smallest absolute Gasteiger partial charge is 0.261 e. The van der Waals surface area contributed by atoms with E-state index in [-0.39, 0.29) is 5.91 Å². The van der Waals surface area contributed by atoms with Crippen molar-refractivity contribution in [2.24, 2.45) is 0 Å². The number of carbonyl (C=O) groups excluding carboxylic acids is 1. The molecule has 15 heavy (non-hydrogen) atoms. The molecule has 2 rings (SSSR count). The van der Waals surface area contributed by atoms with Gasteiger partial charge in [-0.25, -0.2) is 0 Å². The Balaban J connectivity index is 2.17. The van der Waals surface area contributed by atoms with Crippen molar-refractivity contribution >= 4 is 5.91 Å². The SMILES string of the molecule is N#Cc1ccccc1OC1CCNC1=O. The highest BCUT2D eigenvalue weighted by Crippen LogP contribution is 2.20. The molecule has 76 valence electrons. The summed E-state index contributed by atoms with van der Waals surface area (Å²) in [7, 11) is 0. The van der Waals surface area contributed by atoms with Gasteiger partial charge in [0.15, 0.2) is 6.10 Å². The van der Waals surface area contributed by atoms with E-state index in [9.17, 15) is 4.79 Å². The van der Waals surface area contributed by atoms with Crippen LogP contribution in [0.4, 0.5) is 0 Å². The molecule has 0 saturated carbocycles. The van der Waals surface area contributed by atoms with Crippen LogP contribution in [0.1, 0.15) is 12.0 Å². The molecule has 1 atom stereocenters. The predicted octanol–water partition coefficient (Wildman–Crippen LogP) is 0.826. The van der Waals surface area contributed by atoms with Gasteiger partial charge in [0.05, 0.1) is 5.56 Å². The average molecular weight is 202 g/mol. The maximum Gasteiger partial charge on any atom is 0.261 e. The molecule has 1 unspecified atom stereocenters. The number of hydrogen-bond donors (Lipinski definition) is 1. The fourth-order valence-electron chi connectivity index (χ4n) is 1.50. The Bertz CT molecular complexity index is 423. The zero-order chi connectivity index (χ0) is 10.7.